The molecule has 0 saturated carbocycles. The third-order valence-corrected chi connectivity index (χ3v) is 7.69. The van der Waals surface area contributed by atoms with Gasteiger partial charge in [-0.3, -0.25) is 14.4 Å². The SMILES string of the molecule is COCc1cc(C(=O)Nc2ccc(C)cc2OCCCCCC(=O)N2CCOCC2)ccc1NC(=O)c1ccccc1OCCCN. The van der Waals surface area contributed by atoms with Crippen molar-refractivity contribution in [2.24, 2.45) is 5.73 Å². The average molecular weight is 647 g/mol. The lowest BCUT2D eigenvalue weighted by Crippen LogP contribution is -2.40. The fourth-order valence-corrected chi connectivity index (χ4v) is 5.12. The number of nitrogens with two attached hydrogens (primary N) is 1. The van der Waals surface area contributed by atoms with Gasteiger partial charge in [-0.2, -0.15) is 0 Å². The topological polar surface area (TPSA) is 141 Å². The van der Waals surface area contributed by atoms with Crippen LogP contribution >= 0.6 is 0 Å². The number of unbranched alkanes of at least 4 members (excludes halogenated alkanes) is 2. The predicted molar refractivity (Wildman–Crippen MR) is 181 cm³/mol. The van der Waals surface area contributed by atoms with Gasteiger partial charge in [-0.15, -0.1) is 0 Å². The van der Waals surface area contributed by atoms with Crippen molar-refractivity contribution in [3.05, 3.63) is 82.9 Å². The molecule has 1 heterocycles. The Morgan fingerprint density at radius 3 is 2.34 bits per heavy atom. The van der Waals surface area contributed by atoms with E-state index in [0.717, 1.165) is 24.8 Å². The summed E-state index contributed by atoms with van der Waals surface area (Å²) in [6, 6.07) is 17.7. The molecule has 0 bridgehead atoms. The first-order valence-electron chi connectivity index (χ1n) is 16.1. The first kappa shape index (κ1) is 35.4. The summed E-state index contributed by atoms with van der Waals surface area (Å²) < 4.78 is 22.5. The number of nitrogens with zero attached hydrogens (tertiary/aromatic N) is 1. The Labute approximate surface area is 276 Å². The van der Waals surface area contributed by atoms with E-state index in [0.29, 0.717) is 98.5 Å². The number of hydrogen-bond acceptors (Lipinski definition) is 8. The number of benzene rings is 3. The van der Waals surface area contributed by atoms with Crippen LogP contribution < -0.4 is 25.8 Å². The van der Waals surface area contributed by atoms with Crippen LogP contribution in [0.1, 0.15) is 63.9 Å². The van der Waals surface area contributed by atoms with E-state index in [1.54, 1.807) is 49.6 Å². The Hall–Kier alpha value is -4.45. The highest BCUT2D eigenvalue weighted by Gasteiger charge is 2.18. The summed E-state index contributed by atoms with van der Waals surface area (Å²) in [7, 11) is 1.55. The lowest BCUT2D eigenvalue weighted by molar-refractivity contribution is -0.135. The number of carbonyl (C=O) groups is 3. The lowest BCUT2D eigenvalue weighted by atomic mass is 10.1. The van der Waals surface area contributed by atoms with Crippen LogP contribution in [0.3, 0.4) is 0 Å². The number of aryl methyl sites for hydroxylation is 1. The van der Waals surface area contributed by atoms with Crippen molar-refractivity contribution >= 4 is 29.1 Å². The molecule has 1 fully saturated rings. The Balaban J connectivity index is 1.35. The summed E-state index contributed by atoms with van der Waals surface area (Å²) in [6.07, 6.45) is 3.65. The summed E-state index contributed by atoms with van der Waals surface area (Å²) in [5.41, 5.74) is 9.08. The van der Waals surface area contributed by atoms with Crippen molar-refractivity contribution in [1.29, 1.82) is 0 Å². The molecule has 3 aromatic carbocycles. The van der Waals surface area contributed by atoms with Gasteiger partial charge in [-0.25, -0.2) is 0 Å². The second-order valence-electron chi connectivity index (χ2n) is 11.4. The summed E-state index contributed by atoms with van der Waals surface area (Å²) >= 11 is 0. The molecule has 0 aromatic heterocycles. The third-order valence-electron chi connectivity index (χ3n) is 7.69. The van der Waals surface area contributed by atoms with Crippen molar-refractivity contribution in [1.82, 2.24) is 4.90 Å². The van der Waals surface area contributed by atoms with E-state index in [9.17, 15) is 14.4 Å². The van der Waals surface area contributed by atoms with Crippen molar-refractivity contribution in [2.75, 3.05) is 63.8 Å². The van der Waals surface area contributed by atoms with Gasteiger partial charge in [0.05, 0.1) is 44.3 Å². The zero-order valence-corrected chi connectivity index (χ0v) is 27.3. The van der Waals surface area contributed by atoms with Gasteiger partial charge in [-0.1, -0.05) is 18.2 Å². The van der Waals surface area contributed by atoms with Crippen molar-refractivity contribution in [3.8, 4) is 11.5 Å². The van der Waals surface area contributed by atoms with Crippen LogP contribution in [0.15, 0.2) is 60.7 Å². The summed E-state index contributed by atoms with van der Waals surface area (Å²) in [5, 5.41) is 5.90. The molecule has 0 spiro atoms. The third kappa shape index (κ3) is 10.8. The molecule has 11 heteroatoms. The van der Waals surface area contributed by atoms with Crippen molar-refractivity contribution in [2.45, 2.75) is 45.6 Å². The van der Waals surface area contributed by atoms with Crippen molar-refractivity contribution in [3.63, 3.8) is 0 Å². The molecule has 3 amide bonds. The van der Waals surface area contributed by atoms with Crippen LogP contribution in [-0.2, 0) is 20.9 Å². The summed E-state index contributed by atoms with van der Waals surface area (Å²) in [5.74, 6) is 0.562. The number of para-hydroxylation sites is 1. The van der Waals surface area contributed by atoms with Gasteiger partial charge in [0.15, 0.2) is 0 Å². The summed E-state index contributed by atoms with van der Waals surface area (Å²) in [6.45, 7) is 6.06. The Morgan fingerprint density at radius 1 is 0.830 bits per heavy atom. The highest BCUT2D eigenvalue weighted by atomic mass is 16.5. The van der Waals surface area contributed by atoms with Crippen molar-refractivity contribution < 1.29 is 33.3 Å². The van der Waals surface area contributed by atoms with Gasteiger partial charge in [0.25, 0.3) is 11.8 Å². The number of carbonyl (C=O) groups excluding carboxylic acids is 3. The average Bonchev–Trinajstić information content (AvgIpc) is 3.08. The Morgan fingerprint density at radius 2 is 1.55 bits per heavy atom. The second kappa shape index (κ2) is 18.6. The standard InChI is InChI=1S/C36H46N4O7/c1-26-12-14-31(33(23-26)47-19-7-3-4-11-34(41)40-17-21-45-22-18-40)39-35(42)27-13-15-30(28(24-27)25-44-2)38-36(43)29-9-5-6-10-32(29)46-20-8-16-37/h5-6,9-10,12-15,23-24H,3-4,7-8,11,16-22,25,37H2,1-2H3,(H,38,43)(H,39,42). The van der Waals surface area contributed by atoms with Gasteiger partial charge in [0.1, 0.15) is 11.5 Å². The number of hydrogen-bond donors (Lipinski definition) is 3. The molecule has 252 valence electrons. The molecule has 1 saturated heterocycles. The van der Waals surface area contributed by atoms with E-state index >= 15 is 0 Å². The van der Waals surface area contributed by atoms with E-state index in [-0.39, 0.29) is 24.3 Å². The normalized spacial score (nSPS) is 12.8. The number of morpholine rings is 1. The molecule has 0 unspecified atom stereocenters. The van der Waals surface area contributed by atoms with Crippen LogP contribution in [0, 0.1) is 6.92 Å². The van der Waals surface area contributed by atoms with Crippen LogP contribution in [0.2, 0.25) is 0 Å². The van der Waals surface area contributed by atoms with E-state index in [2.05, 4.69) is 10.6 Å². The largest absolute Gasteiger partial charge is 0.493 e. The molecule has 1 aliphatic heterocycles. The Kier molecular flexibility index (Phi) is 14.0. The summed E-state index contributed by atoms with van der Waals surface area (Å²) in [4.78, 5) is 40.8. The van der Waals surface area contributed by atoms with Crippen LogP contribution in [0.4, 0.5) is 11.4 Å². The van der Waals surface area contributed by atoms with Gasteiger partial charge >= 0.3 is 0 Å². The minimum absolute atomic E-state index is 0.177. The second-order valence-corrected chi connectivity index (χ2v) is 11.4. The maximum Gasteiger partial charge on any atom is 0.259 e. The van der Waals surface area contributed by atoms with Gasteiger partial charge in [0, 0.05) is 43.4 Å². The fourth-order valence-electron chi connectivity index (χ4n) is 5.12. The molecule has 1 aliphatic rings. The van der Waals surface area contributed by atoms with Crippen LogP contribution in [-0.4, -0.2) is 75.8 Å². The van der Waals surface area contributed by atoms with Gasteiger partial charge < -0.3 is 40.2 Å². The molecule has 47 heavy (non-hydrogen) atoms. The first-order valence-corrected chi connectivity index (χ1v) is 16.1. The zero-order valence-electron chi connectivity index (χ0n) is 27.3. The van der Waals surface area contributed by atoms with Crippen LogP contribution in [0.5, 0.6) is 11.5 Å². The first-order chi connectivity index (χ1) is 22.9. The minimum atomic E-state index is -0.340. The number of nitrogens with one attached hydrogen (secondary N) is 2. The van der Waals surface area contributed by atoms with E-state index in [1.165, 1.54) is 0 Å². The highest BCUT2D eigenvalue weighted by molar-refractivity contribution is 6.08. The predicted octanol–water partition coefficient (Wildman–Crippen LogP) is 5.17. The maximum absolute atomic E-state index is 13.4. The molecule has 4 rings (SSSR count). The highest BCUT2D eigenvalue weighted by Crippen LogP contribution is 2.28. The van der Waals surface area contributed by atoms with E-state index in [1.807, 2.05) is 30.0 Å². The lowest BCUT2D eigenvalue weighted by Gasteiger charge is -2.26. The fraction of sp³-hybridized carbons (Fsp3) is 0.417. The molecule has 11 nitrogen and oxygen atoms in total. The van der Waals surface area contributed by atoms with E-state index in [4.69, 9.17) is 24.7 Å². The number of ether oxygens (including phenoxy) is 4. The quantitative estimate of drug-likeness (QED) is 0.171. The van der Waals surface area contributed by atoms with Gasteiger partial charge in [0.2, 0.25) is 5.91 Å². The molecular weight excluding hydrogens is 600 g/mol. The molecule has 0 atom stereocenters. The Bertz CT molecular complexity index is 1490. The number of anilines is 2. The molecule has 0 aliphatic carbocycles. The maximum atomic E-state index is 13.4. The molecule has 0 radical (unpaired) electrons. The molecule has 4 N–H and O–H groups in total. The minimum Gasteiger partial charge on any atom is -0.493 e. The zero-order chi connectivity index (χ0) is 33.4. The number of methoxy groups -OCH3 is 1. The molecule has 3 aromatic rings. The van der Waals surface area contributed by atoms with Gasteiger partial charge in [-0.05, 0) is 87.2 Å². The number of amides is 3. The number of rotatable bonds is 17. The van der Waals surface area contributed by atoms with Crippen LogP contribution in [0.25, 0.3) is 0 Å². The monoisotopic (exact) mass is 646 g/mol. The smallest absolute Gasteiger partial charge is 0.259 e. The van der Waals surface area contributed by atoms with E-state index < -0.39 is 0 Å². The molecular formula is C36H46N4O7.